The van der Waals surface area contributed by atoms with E-state index < -0.39 is 27.6 Å². The van der Waals surface area contributed by atoms with Crippen LogP contribution < -0.4 is 4.72 Å². The van der Waals surface area contributed by atoms with Gasteiger partial charge < -0.3 is 9.29 Å². The van der Waals surface area contributed by atoms with E-state index in [1.165, 1.54) is 0 Å². The molecule has 0 spiro atoms. The van der Waals surface area contributed by atoms with E-state index in [1.54, 1.807) is 31.2 Å². The van der Waals surface area contributed by atoms with Crippen molar-refractivity contribution in [1.82, 2.24) is 4.72 Å². The van der Waals surface area contributed by atoms with E-state index in [4.69, 9.17) is 27.9 Å². The van der Waals surface area contributed by atoms with E-state index in [1.807, 2.05) is 20.8 Å². The van der Waals surface area contributed by atoms with Crippen molar-refractivity contribution in [3.8, 4) is 0 Å². The highest BCUT2D eigenvalue weighted by atomic mass is 35.5. The predicted molar refractivity (Wildman–Crippen MR) is 101 cm³/mol. The molecule has 1 aromatic carbocycles. The third-order valence-electron chi connectivity index (χ3n) is 3.31. The second kappa shape index (κ2) is 8.59. The molecule has 0 heterocycles. The van der Waals surface area contributed by atoms with Gasteiger partial charge in [-0.3, -0.25) is 0 Å². The van der Waals surface area contributed by atoms with Crippen LogP contribution in [-0.2, 0) is 26.4 Å². The summed E-state index contributed by atoms with van der Waals surface area (Å²) in [7, 11) is 0. The molecule has 1 N–H and O–H groups in total. The Morgan fingerprint density at radius 1 is 1.38 bits per heavy atom. The van der Waals surface area contributed by atoms with Crippen LogP contribution >= 0.6 is 23.2 Å². The summed E-state index contributed by atoms with van der Waals surface area (Å²) in [6, 6.07) is 4.84. The maximum absolute atomic E-state index is 12.8. The van der Waals surface area contributed by atoms with Crippen molar-refractivity contribution in [2.75, 3.05) is 6.61 Å². The van der Waals surface area contributed by atoms with Crippen LogP contribution in [0.3, 0.4) is 0 Å². The molecule has 1 rings (SSSR count). The van der Waals surface area contributed by atoms with E-state index in [-0.39, 0.29) is 13.0 Å². The molecule has 0 aliphatic rings. The Hall–Kier alpha value is -0.720. The molecule has 0 aromatic heterocycles. The molecule has 134 valence electrons. The maximum atomic E-state index is 12.8. The minimum absolute atomic E-state index is 0.186. The lowest BCUT2D eigenvalue weighted by atomic mass is 9.87. The highest BCUT2D eigenvalue weighted by Crippen LogP contribution is 2.34. The first-order chi connectivity index (χ1) is 11.1. The van der Waals surface area contributed by atoms with Gasteiger partial charge in [0.25, 0.3) is 0 Å². The quantitative estimate of drug-likeness (QED) is 0.425. The van der Waals surface area contributed by atoms with Crippen LogP contribution in [0, 0.1) is 0 Å². The van der Waals surface area contributed by atoms with Gasteiger partial charge in [-0.1, -0.05) is 35.3 Å². The zero-order valence-corrected chi connectivity index (χ0v) is 16.6. The van der Waals surface area contributed by atoms with Crippen molar-refractivity contribution in [3.05, 3.63) is 46.5 Å². The average Bonchev–Trinajstić information content (AvgIpc) is 2.48. The molecule has 0 aliphatic heterocycles. The molecule has 2 atom stereocenters. The van der Waals surface area contributed by atoms with Gasteiger partial charge in [-0.05, 0) is 45.4 Å². The fourth-order valence-corrected chi connectivity index (χ4v) is 3.21. The topological polar surface area (TPSA) is 61.4 Å². The first-order valence-corrected chi connectivity index (χ1v) is 9.42. The smallest absolute Gasteiger partial charge is 0.335 e. The van der Waals surface area contributed by atoms with Gasteiger partial charge in [0, 0.05) is 17.8 Å². The van der Waals surface area contributed by atoms with Crippen LogP contribution in [0.1, 0.15) is 39.7 Å². The van der Waals surface area contributed by atoms with Gasteiger partial charge in [0.2, 0.25) is 0 Å². The van der Waals surface area contributed by atoms with Crippen molar-refractivity contribution in [3.63, 3.8) is 0 Å². The highest BCUT2D eigenvalue weighted by molar-refractivity contribution is 7.90. The monoisotopic (exact) mass is 391 g/mol. The van der Waals surface area contributed by atoms with Crippen molar-refractivity contribution in [1.29, 1.82) is 0 Å². The lowest BCUT2D eigenvalue weighted by Gasteiger charge is -2.35. The van der Waals surface area contributed by atoms with Gasteiger partial charge in [0.05, 0.1) is 16.7 Å². The van der Waals surface area contributed by atoms with Crippen molar-refractivity contribution in [2.24, 2.45) is 0 Å². The maximum Gasteiger partial charge on any atom is 0.335 e. The lowest BCUT2D eigenvalue weighted by Crippen LogP contribution is -2.56. The highest BCUT2D eigenvalue weighted by Gasteiger charge is 2.47. The lowest BCUT2D eigenvalue weighted by molar-refractivity contribution is -0.150. The largest absolute Gasteiger partial charge is 0.598 e. The van der Waals surface area contributed by atoms with Gasteiger partial charge in [-0.2, -0.15) is 0 Å². The van der Waals surface area contributed by atoms with Crippen LogP contribution in [0.25, 0.3) is 0 Å². The summed E-state index contributed by atoms with van der Waals surface area (Å²) in [5.74, 6) is -0.541. The Bertz CT molecular complexity index is 604. The molecule has 0 saturated carbocycles. The van der Waals surface area contributed by atoms with Gasteiger partial charge >= 0.3 is 5.97 Å². The van der Waals surface area contributed by atoms with E-state index in [0.29, 0.717) is 15.6 Å². The van der Waals surface area contributed by atoms with E-state index in [9.17, 15) is 9.35 Å². The third-order valence-corrected chi connectivity index (χ3v) is 5.70. The molecule has 0 radical (unpaired) electrons. The number of carbonyl (C=O) groups is 1. The molecule has 0 fully saturated rings. The van der Waals surface area contributed by atoms with Crippen LogP contribution in [0.5, 0.6) is 0 Å². The Morgan fingerprint density at radius 2 is 2.00 bits per heavy atom. The number of esters is 1. The summed E-state index contributed by atoms with van der Waals surface area (Å²) in [6.07, 6.45) is 1.76. The van der Waals surface area contributed by atoms with Crippen LogP contribution in [0.2, 0.25) is 10.0 Å². The standard InChI is InChI=1S/C17H23Cl2NO3S/c1-6-10-17(15(21)23-7-2,20-24(22)16(3,4)5)12-8-9-13(18)14(19)11-12/h6,8-9,11,20H,1,7,10H2,2-5H3/t17-,24?/m1/s1. The molecular weight excluding hydrogens is 369 g/mol. The van der Waals surface area contributed by atoms with Gasteiger partial charge in [-0.25, -0.2) is 4.79 Å². The van der Waals surface area contributed by atoms with Gasteiger partial charge in [-0.15, -0.1) is 11.3 Å². The molecule has 4 nitrogen and oxygen atoms in total. The minimum atomic E-state index is -1.52. The molecule has 1 unspecified atom stereocenters. The fourth-order valence-electron chi connectivity index (χ4n) is 2.01. The number of benzene rings is 1. The number of hydrogen-bond acceptors (Lipinski definition) is 4. The summed E-state index contributed by atoms with van der Waals surface area (Å²) in [5, 5.41) is 0.670. The minimum Gasteiger partial charge on any atom is -0.598 e. The van der Waals surface area contributed by atoms with Crippen molar-refractivity contribution >= 4 is 40.5 Å². The third kappa shape index (κ3) is 4.90. The van der Waals surface area contributed by atoms with Gasteiger partial charge in [0.15, 0.2) is 5.54 Å². The molecule has 7 heteroatoms. The SMILES string of the molecule is C=CC[C@](N[S+]([O-])C(C)(C)C)(C(=O)OCC)c1ccc(Cl)c(Cl)c1. The number of hydrogen-bond donors (Lipinski definition) is 1. The Morgan fingerprint density at radius 3 is 2.46 bits per heavy atom. The summed E-state index contributed by atoms with van der Waals surface area (Å²) >= 11 is 10.6. The Balaban J connectivity index is 3.48. The molecular formula is C17H23Cl2NO3S. The van der Waals surface area contributed by atoms with E-state index in [0.717, 1.165) is 0 Å². The first kappa shape index (κ1) is 21.3. The summed E-state index contributed by atoms with van der Waals surface area (Å²) in [5.41, 5.74) is -0.836. The number of halogens is 2. The Kier molecular flexibility index (Phi) is 7.63. The molecule has 24 heavy (non-hydrogen) atoms. The first-order valence-electron chi connectivity index (χ1n) is 7.51. The molecule has 0 bridgehead atoms. The summed E-state index contributed by atoms with van der Waals surface area (Å²) < 4.78 is 20.3. The van der Waals surface area contributed by atoms with Crippen LogP contribution in [0.15, 0.2) is 30.9 Å². The fraction of sp³-hybridized carbons (Fsp3) is 0.471. The number of ether oxygens (including phenoxy) is 1. The van der Waals surface area contributed by atoms with Crippen LogP contribution in [-0.4, -0.2) is 21.9 Å². The van der Waals surface area contributed by atoms with Gasteiger partial charge in [0.1, 0.15) is 4.75 Å². The molecule has 1 aromatic rings. The second-order valence-electron chi connectivity index (χ2n) is 6.23. The summed E-state index contributed by atoms with van der Waals surface area (Å²) in [6.45, 7) is 11.1. The number of carbonyl (C=O) groups excluding carboxylic acids is 1. The molecule has 0 amide bonds. The molecule has 0 aliphatic carbocycles. The summed E-state index contributed by atoms with van der Waals surface area (Å²) in [4.78, 5) is 12.8. The number of nitrogens with one attached hydrogen (secondary N) is 1. The second-order valence-corrected chi connectivity index (χ2v) is 9.01. The average molecular weight is 392 g/mol. The van der Waals surface area contributed by atoms with Crippen LogP contribution in [0.4, 0.5) is 0 Å². The normalized spacial score (nSPS) is 15.5. The van der Waals surface area contributed by atoms with E-state index in [2.05, 4.69) is 11.3 Å². The van der Waals surface area contributed by atoms with Crippen molar-refractivity contribution in [2.45, 2.75) is 44.4 Å². The number of rotatable bonds is 7. The van der Waals surface area contributed by atoms with Crippen molar-refractivity contribution < 1.29 is 14.1 Å². The van der Waals surface area contributed by atoms with E-state index >= 15 is 0 Å². The molecule has 0 saturated heterocycles. The zero-order valence-electron chi connectivity index (χ0n) is 14.3. The Labute approximate surface area is 156 Å². The zero-order chi connectivity index (χ0) is 18.5. The predicted octanol–water partition coefficient (Wildman–Crippen LogP) is 4.38.